The van der Waals surface area contributed by atoms with E-state index < -0.39 is 5.54 Å². The third-order valence-electron chi connectivity index (χ3n) is 3.25. The zero-order valence-corrected chi connectivity index (χ0v) is 10.8. The zero-order chi connectivity index (χ0) is 13.2. The summed E-state index contributed by atoms with van der Waals surface area (Å²) in [5.74, 6) is 0.00338. The molecule has 1 aromatic rings. The molecule has 0 aliphatic rings. The molecule has 0 aliphatic heterocycles. The minimum atomic E-state index is -0.408. The standard InChI is InChI=1S/C13H20N2O2/c1-9-10(6-5-7-11(9)16)12(17)15(4)13(2,3)8-14/h5-7,16H,8,14H2,1-4H3. The SMILES string of the molecule is Cc1c(O)cccc1C(=O)N(C)C(C)(C)CN. The number of hydrogen-bond donors (Lipinski definition) is 2. The van der Waals surface area contributed by atoms with Crippen LogP contribution in [0.4, 0.5) is 0 Å². The molecule has 0 atom stereocenters. The highest BCUT2D eigenvalue weighted by Gasteiger charge is 2.27. The molecule has 0 aliphatic carbocycles. The first-order chi connectivity index (χ1) is 7.81. The molecule has 3 N–H and O–H groups in total. The van der Waals surface area contributed by atoms with Crippen molar-refractivity contribution < 1.29 is 9.90 Å². The molecule has 1 aromatic carbocycles. The average Bonchev–Trinajstić information content (AvgIpc) is 2.30. The number of nitrogens with zero attached hydrogens (tertiary/aromatic N) is 1. The Kier molecular flexibility index (Phi) is 3.78. The number of carbonyl (C=O) groups is 1. The second-order valence-electron chi connectivity index (χ2n) is 4.83. The van der Waals surface area contributed by atoms with Crippen LogP contribution in [0.15, 0.2) is 18.2 Å². The van der Waals surface area contributed by atoms with Crippen LogP contribution in [-0.4, -0.2) is 35.0 Å². The van der Waals surface area contributed by atoms with Crippen LogP contribution in [0, 0.1) is 6.92 Å². The van der Waals surface area contributed by atoms with Gasteiger partial charge in [0.25, 0.3) is 5.91 Å². The molecule has 0 radical (unpaired) electrons. The Bertz CT molecular complexity index is 427. The lowest BCUT2D eigenvalue weighted by molar-refractivity contribution is 0.0639. The maximum atomic E-state index is 12.3. The number of aromatic hydroxyl groups is 1. The smallest absolute Gasteiger partial charge is 0.254 e. The number of carbonyl (C=O) groups excluding carboxylic acids is 1. The van der Waals surface area contributed by atoms with E-state index in [-0.39, 0.29) is 11.7 Å². The normalized spacial score (nSPS) is 11.4. The Morgan fingerprint density at radius 3 is 2.59 bits per heavy atom. The van der Waals surface area contributed by atoms with E-state index in [4.69, 9.17) is 5.73 Å². The quantitative estimate of drug-likeness (QED) is 0.836. The molecule has 0 heterocycles. The number of hydrogen-bond acceptors (Lipinski definition) is 3. The summed E-state index contributed by atoms with van der Waals surface area (Å²) in [4.78, 5) is 13.9. The topological polar surface area (TPSA) is 66.6 Å². The van der Waals surface area contributed by atoms with Crippen molar-refractivity contribution in [2.45, 2.75) is 26.3 Å². The summed E-state index contributed by atoms with van der Waals surface area (Å²) >= 11 is 0. The average molecular weight is 236 g/mol. The van der Waals surface area contributed by atoms with Gasteiger partial charge in [0.05, 0.1) is 0 Å². The molecule has 4 nitrogen and oxygen atoms in total. The summed E-state index contributed by atoms with van der Waals surface area (Å²) in [5.41, 5.74) is 6.34. The van der Waals surface area contributed by atoms with Crippen LogP contribution < -0.4 is 5.73 Å². The largest absolute Gasteiger partial charge is 0.508 e. The van der Waals surface area contributed by atoms with Gasteiger partial charge >= 0.3 is 0 Å². The van der Waals surface area contributed by atoms with Gasteiger partial charge < -0.3 is 15.7 Å². The lowest BCUT2D eigenvalue weighted by Gasteiger charge is -2.35. The fraction of sp³-hybridized carbons (Fsp3) is 0.462. The van der Waals surface area contributed by atoms with Crippen LogP contribution in [0.5, 0.6) is 5.75 Å². The van der Waals surface area contributed by atoms with E-state index in [0.29, 0.717) is 17.7 Å². The second kappa shape index (κ2) is 4.75. The first kappa shape index (κ1) is 13.5. The van der Waals surface area contributed by atoms with Gasteiger partial charge in [-0.05, 0) is 32.9 Å². The van der Waals surface area contributed by atoms with E-state index in [9.17, 15) is 9.90 Å². The molecule has 94 valence electrons. The third-order valence-corrected chi connectivity index (χ3v) is 3.25. The molecular weight excluding hydrogens is 216 g/mol. The minimum absolute atomic E-state index is 0.131. The van der Waals surface area contributed by atoms with E-state index in [1.54, 1.807) is 37.1 Å². The number of likely N-dealkylation sites (N-methyl/N-ethyl adjacent to an activating group) is 1. The molecule has 17 heavy (non-hydrogen) atoms. The van der Waals surface area contributed by atoms with Crippen LogP contribution >= 0.6 is 0 Å². The summed E-state index contributed by atoms with van der Waals surface area (Å²) in [7, 11) is 1.72. The number of amides is 1. The highest BCUT2D eigenvalue weighted by molar-refractivity contribution is 5.96. The van der Waals surface area contributed by atoms with Gasteiger partial charge in [-0.2, -0.15) is 0 Å². The second-order valence-corrected chi connectivity index (χ2v) is 4.83. The predicted molar refractivity (Wildman–Crippen MR) is 68.1 cm³/mol. The van der Waals surface area contributed by atoms with Crippen molar-refractivity contribution in [1.82, 2.24) is 4.90 Å². The molecular formula is C13H20N2O2. The van der Waals surface area contributed by atoms with Crippen LogP contribution in [0.2, 0.25) is 0 Å². The van der Waals surface area contributed by atoms with Crippen molar-refractivity contribution >= 4 is 5.91 Å². The summed E-state index contributed by atoms with van der Waals surface area (Å²) in [6, 6.07) is 4.94. The lowest BCUT2D eigenvalue weighted by Crippen LogP contribution is -2.50. The Morgan fingerprint density at radius 1 is 1.47 bits per heavy atom. The maximum Gasteiger partial charge on any atom is 0.254 e. The van der Waals surface area contributed by atoms with Crippen LogP contribution in [0.1, 0.15) is 29.8 Å². The maximum absolute atomic E-state index is 12.3. The number of benzene rings is 1. The summed E-state index contributed by atoms with van der Waals surface area (Å²) < 4.78 is 0. The van der Waals surface area contributed by atoms with Crippen molar-refractivity contribution in [1.29, 1.82) is 0 Å². The number of phenols is 1. The molecule has 0 saturated heterocycles. The van der Waals surface area contributed by atoms with E-state index in [2.05, 4.69) is 0 Å². The van der Waals surface area contributed by atoms with Crippen molar-refractivity contribution in [3.05, 3.63) is 29.3 Å². The molecule has 0 spiro atoms. The summed E-state index contributed by atoms with van der Waals surface area (Å²) in [5, 5.41) is 9.60. The Morgan fingerprint density at radius 2 is 2.06 bits per heavy atom. The predicted octanol–water partition coefficient (Wildman–Crippen LogP) is 1.51. The van der Waals surface area contributed by atoms with Crippen LogP contribution in [0.3, 0.4) is 0 Å². The number of phenolic OH excluding ortho intramolecular Hbond substituents is 1. The van der Waals surface area contributed by atoms with Gasteiger partial charge in [-0.1, -0.05) is 6.07 Å². The minimum Gasteiger partial charge on any atom is -0.508 e. The van der Waals surface area contributed by atoms with E-state index in [1.165, 1.54) is 0 Å². The Hall–Kier alpha value is -1.55. The van der Waals surface area contributed by atoms with Gasteiger partial charge in [-0.15, -0.1) is 0 Å². The first-order valence-electron chi connectivity index (χ1n) is 5.58. The number of nitrogens with two attached hydrogens (primary N) is 1. The molecule has 0 bridgehead atoms. The van der Waals surface area contributed by atoms with Gasteiger partial charge in [-0.25, -0.2) is 0 Å². The fourth-order valence-electron chi connectivity index (χ4n) is 1.45. The highest BCUT2D eigenvalue weighted by Crippen LogP contribution is 2.22. The van der Waals surface area contributed by atoms with E-state index >= 15 is 0 Å². The summed E-state index contributed by atoms with van der Waals surface area (Å²) in [6.45, 7) is 5.92. The van der Waals surface area contributed by atoms with Gasteiger partial charge in [0, 0.05) is 30.3 Å². The van der Waals surface area contributed by atoms with Crippen LogP contribution in [0.25, 0.3) is 0 Å². The van der Waals surface area contributed by atoms with Crippen LogP contribution in [-0.2, 0) is 0 Å². The lowest BCUT2D eigenvalue weighted by atomic mass is 10.0. The molecule has 0 unspecified atom stereocenters. The van der Waals surface area contributed by atoms with Gasteiger partial charge in [-0.3, -0.25) is 4.79 Å². The molecule has 4 heteroatoms. The van der Waals surface area contributed by atoms with Crippen molar-refractivity contribution in [2.24, 2.45) is 5.73 Å². The van der Waals surface area contributed by atoms with Gasteiger partial charge in [0.1, 0.15) is 5.75 Å². The molecule has 1 amide bonds. The van der Waals surface area contributed by atoms with Crippen molar-refractivity contribution in [3.63, 3.8) is 0 Å². The summed E-state index contributed by atoms with van der Waals surface area (Å²) in [6.07, 6.45) is 0. The van der Waals surface area contributed by atoms with E-state index in [1.807, 2.05) is 13.8 Å². The third kappa shape index (κ3) is 2.58. The molecule has 0 saturated carbocycles. The van der Waals surface area contributed by atoms with Crippen molar-refractivity contribution in [3.8, 4) is 5.75 Å². The van der Waals surface area contributed by atoms with Crippen molar-refractivity contribution in [2.75, 3.05) is 13.6 Å². The zero-order valence-electron chi connectivity index (χ0n) is 10.8. The molecule has 1 rings (SSSR count). The van der Waals surface area contributed by atoms with Gasteiger partial charge in [0.2, 0.25) is 0 Å². The highest BCUT2D eigenvalue weighted by atomic mass is 16.3. The molecule has 0 aromatic heterocycles. The Balaban J connectivity index is 3.09. The fourth-order valence-corrected chi connectivity index (χ4v) is 1.45. The Labute approximate surface area is 102 Å². The molecule has 0 fully saturated rings. The first-order valence-corrected chi connectivity index (χ1v) is 5.58. The van der Waals surface area contributed by atoms with E-state index in [0.717, 1.165) is 0 Å². The monoisotopic (exact) mass is 236 g/mol. The van der Waals surface area contributed by atoms with Gasteiger partial charge in [0.15, 0.2) is 0 Å². The number of rotatable bonds is 3.